The van der Waals surface area contributed by atoms with Crippen molar-refractivity contribution in [3.63, 3.8) is 0 Å². The number of ether oxygens (including phenoxy) is 1. The minimum Gasteiger partial charge on any atom is -0.459 e. The normalized spacial score (nSPS) is 23.9. The lowest BCUT2D eigenvalue weighted by atomic mass is 9.80. The highest BCUT2D eigenvalue weighted by Gasteiger charge is 2.54. The fourth-order valence-electron chi connectivity index (χ4n) is 3.19. The Kier molecular flexibility index (Phi) is 3.71. The van der Waals surface area contributed by atoms with Crippen LogP contribution in [0.15, 0.2) is 11.4 Å². The summed E-state index contributed by atoms with van der Waals surface area (Å²) in [7, 11) is 0. The summed E-state index contributed by atoms with van der Waals surface area (Å²) in [4.78, 5) is 39.3. The van der Waals surface area contributed by atoms with Gasteiger partial charge in [-0.3, -0.25) is 14.5 Å². The van der Waals surface area contributed by atoms with Crippen LogP contribution in [0.1, 0.15) is 44.1 Å². The van der Waals surface area contributed by atoms with Gasteiger partial charge in [-0.15, -0.1) is 11.3 Å². The maximum absolute atomic E-state index is 12.9. The van der Waals surface area contributed by atoms with E-state index in [1.807, 2.05) is 11.4 Å². The molecule has 1 aromatic rings. The number of esters is 1. The van der Waals surface area contributed by atoms with Crippen LogP contribution in [-0.4, -0.2) is 35.0 Å². The molecule has 0 unspecified atom stereocenters. The van der Waals surface area contributed by atoms with Gasteiger partial charge in [-0.25, -0.2) is 4.79 Å². The summed E-state index contributed by atoms with van der Waals surface area (Å²) in [5.41, 5.74) is -0.787. The molecule has 0 aromatic carbocycles. The fourth-order valence-corrected chi connectivity index (χ4v) is 4.19. The van der Waals surface area contributed by atoms with Crippen molar-refractivity contribution >= 4 is 29.2 Å². The summed E-state index contributed by atoms with van der Waals surface area (Å²) < 4.78 is 5.22. The number of thiophene rings is 1. The minimum absolute atomic E-state index is 0.354. The van der Waals surface area contributed by atoms with Gasteiger partial charge in [-0.1, -0.05) is 0 Å². The topological polar surface area (TPSA) is 75.7 Å². The molecule has 3 amide bonds. The number of aryl methyl sites for hydroxylation is 1. The monoisotopic (exact) mass is 336 g/mol. The zero-order valence-electron chi connectivity index (χ0n) is 13.5. The van der Waals surface area contributed by atoms with E-state index in [1.54, 1.807) is 32.1 Å². The van der Waals surface area contributed by atoms with Crippen LogP contribution in [0.3, 0.4) is 0 Å². The predicted molar refractivity (Wildman–Crippen MR) is 85.0 cm³/mol. The second-order valence-corrected chi connectivity index (χ2v) is 7.92. The van der Waals surface area contributed by atoms with Crippen LogP contribution in [-0.2, 0) is 26.3 Å². The molecule has 1 saturated heterocycles. The molecule has 1 aliphatic carbocycles. The largest absolute Gasteiger partial charge is 0.459 e. The molecule has 0 saturated carbocycles. The number of carbonyl (C=O) groups excluding carboxylic acids is 3. The van der Waals surface area contributed by atoms with Gasteiger partial charge >= 0.3 is 12.0 Å². The molecule has 2 heterocycles. The maximum atomic E-state index is 12.9. The molecule has 1 fully saturated rings. The van der Waals surface area contributed by atoms with Crippen LogP contribution < -0.4 is 5.32 Å². The molecule has 0 radical (unpaired) electrons. The first-order chi connectivity index (χ1) is 10.7. The summed E-state index contributed by atoms with van der Waals surface area (Å²) >= 11 is 1.60. The van der Waals surface area contributed by atoms with E-state index in [1.165, 1.54) is 0 Å². The molecule has 0 bridgehead atoms. The minimum atomic E-state index is -1.01. The second kappa shape index (κ2) is 5.33. The Hall–Kier alpha value is -1.89. The third-order valence-corrected chi connectivity index (χ3v) is 5.02. The molecule has 7 heteroatoms. The van der Waals surface area contributed by atoms with Gasteiger partial charge in [-0.2, -0.15) is 0 Å². The first-order valence-electron chi connectivity index (χ1n) is 7.66. The molecule has 1 atom stereocenters. The van der Waals surface area contributed by atoms with Gasteiger partial charge in [0.1, 0.15) is 17.7 Å². The zero-order chi connectivity index (χ0) is 16.8. The molecular formula is C16H20N2O4S. The van der Waals surface area contributed by atoms with Crippen molar-refractivity contribution < 1.29 is 19.1 Å². The van der Waals surface area contributed by atoms with Gasteiger partial charge in [0, 0.05) is 10.4 Å². The molecule has 1 spiro atoms. The van der Waals surface area contributed by atoms with Crippen molar-refractivity contribution in [1.82, 2.24) is 10.2 Å². The van der Waals surface area contributed by atoms with E-state index in [-0.39, 0.29) is 12.5 Å². The lowest BCUT2D eigenvalue weighted by molar-refractivity contribution is -0.157. The molecule has 124 valence electrons. The molecule has 1 aliphatic heterocycles. The van der Waals surface area contributed by atoms with Crippen LogP contribution >= 0.6 is 11.3 Å². The first kappa shape index (κ1) is 16.0. The predicted octanol–water partition coefficient (Wildman–Crippen LogP) is 2.17. The van der Waals surface area contributed by atoms with Crippen LogP contribution in [0.4, 0.5) is 4.79 Å². The smallest absolute Gasteiger partial charge is 0.326 e. The highest BCUT2D eigenvalue weighted by Crippen LogP contribution is 2.42. The van der Waals surface area contributed by atoms with E-state index in [9.17, 15) is 14.4 Å². The first-order valence-corrected chi connectivity index (χ1v) is 8.54. The van der Waals surface area contributed by atoms with Gasteiger partial charge in [0.05, 0.1) is 0 Å². The van der Waals surface area contributed by atoms with Crippen molar-refractivity contribution in [3.05, 3.63) is 21.9 Å². The number of hydrogen-bond acceptors (Lipinski definition) is 5. The van der Waals surface area contributed by atoms with Crippen LogP contribution in [0, 0.1) is 0 Å². The molecular weight excluding hydrogens is 316 g/mol. The number of urea groups is 1. The SMILES string of the molecule is CC(C)(C)OC(=O)CN1C(=O)N[C@@]2(CCCc3sccc32)C1=O. The fraction of sp³-hybridized carbons (Fsp3) is 0.562. The summed E-state index contributed by atoms with van der Waals surface area (Å²) in [5.74, 6) is -0.938. The standard InChI is InChI=1S/C16H20N2O4S/c1-15(2,3)22-12(19)9-18-13(20)16(17-14(18)21)7-4-5-11-10(16)6-8-23-11/h6,8H,4-5,7,9H2,1-3H3,(H,17,21)/t16-/m1/s1. The molecule has 6 nitrogen and oxygen atoms in total. The van der Waals surface area contributed by atoms with Crippen LogP contribution in [0.2, 0.25) is 0 Å². The lowest BCUT2D eigenvalue weighted by Crippen LogP contribution is -2.46. The molecule has 3 rings (SSSR count). The molecule has 2 aliphatic rings. The van der Waals surface area contributed by atoms with Gasteiger partial charge in [-0.05, 0) is 51.5 Å². The Morgan fingerprint density at radius 1 is 1.43 bits per heavy atom. The van der Waals surface area contributed by atoms with Crippen molar-refractivity contribution in [2.75, 3.05) is 6.54 Å². The Balaban J connectivity index is 1.83. The summed E-state index contributed by atoms with van der Waals surface area (Å²) in [6, 6.07) is 1.37. The molecule has 1 aromatic heterocycles. The van der Waals surface area contributed by atoms with E-state index in [4.69, 9.17) is 4.74 Å². The Morgan fingerprint density at radius 2 is 2.17 bits per heavy atom. The molecule has 1 N–H and O–H groups in total. The number of hydrogen-bond donors (Lipinski definition) is 1. The van der Waals surface area contributed by atoms with Crippen LogP contribution in [0.5, 0.6) is 0 Å². The van der Waals surface area contributed by atoms with Crippen molar-refractivity contribution in [2.45, 2.75) is 51.2 Å². The summed E-state index contributed by atoms with van der Waals surface area (Å²) in [5, 5.41) is 4.75. The number of nitrogens with one attached hydrogen (secondary N) is 1. The average Bonchev–Trinajstić information content (AvgIpc) is 2.98. The van der Waals surface area contributed by atoms with Crippen molar-refractivity contribution in [2.24, 2.45) is 0 Å². The number of fused-ring (bicyclic) bond motifs is 2. The zero-order valence-corrected chi connectivity index (χ0v) is 14.3. The summed E-state index contributed by atoms with van der Waals surface area (Å²) in [6.45, 7) is 4.88. The average molecular weight is 336 g/mol. The number of imide groups is 1. The maximum Gasteiger partial charge on any atom is 0.326 e. The van der Waals surface area contributed by atoms with Gasteiger partial charge in [0.25, 0.3) is 5.91 Å². The van der Waals surface area contributed by atoms with Crippen molar-refractivity contribution in [3.8, 4) is 0 Å². The Morgan fingerprint density at radius 3 is 2.87 bits per heavy atom. The number of nitrogens with zero attached hydrogens (tertiary/aromatic N) is 1. The van der Waals surface area contributed by atoms with E-state index in [0.717, 1.165) is 28.2 Å². The summed E-state index contributed by atoms with van der Waals surface area (Å²) in [6.07, 6.45) is 2.32. The lowest BCUT2D eigenvalue weighted by Gasteiger charge is -2.31. The van der Waals surface area contributed by atoms with E-state index in [2.05, 4.69) is 5.32 Å². The number of rotatable bonds is 2. The van der Waals surface area contributed by atoms with Gasteiger partial charge in [0.2, 0.25) is 0 Å². The Bertz CT molecular complexity index is 676. The quantitative estimate of drug-likeness (QED) is 0.663. The Labute approximate surface area is 138 Å². The van der Waals surface area contributed by atoms with E-state index >= 15 is 0 Å². The third-order valence-electron chi connectivity index (χ3n) is 4.04. The highest BCUT2D eigenvalue weighted by molar-refractivity contribution is 7.10. The van der Waals surface area contributed by atoms with E-state index < -0.39 is 23.1 Å². The third kappa shape index (κ3) is 2.73. The van der Waals surface area contributed by atoms with Crippen molar-refractivity contribution in [1.29, 1.82) is 0 Å². The molecule has 23 heavy (non-hydrogen) atoms. The van der Waals surface area contributed by atoms with E-state index in [0.29, 0.717) is 6.42 Å². The second-order valence-electron chi connectivity index (χ2n) is 6.92. The number of amides is 3. The van der Waals surface area contributed by atoms with Gasteiger partial charge in [0.15, 0.2) is 0 Å². The van der Waals surface area contributed by atoms with Crippen LogP contribution in [0.25, 0.3) is 0 Å². The highest BCUT2D eigenvalue weighted by atomic mass is 32.1. The number of carbonyl (C=O) groups is 3. The van der Waals surface area contributed by atoms with Gasteiger partial charge < -0.3 is 10.1 Å².